The zero-order valence-electron chi connectivity index (χ0n) is 39.4. The first-order valence-corrected chi connectivity index (χ1v) is 25.0. The summed E-state index contributed by atoms with van der Waals surface area (Å²) in [4.78, 5) is 39.1. The molecule has 0 fully saturated rings. The first-order valence-electron chi connectivity index (χ1n) is 25.0. The van der Waals surface area contributed by atoms with E-state index >= 15 is 0 Å². The fourth-order valence-corrected chi connectivity index (χ4v) is 7.86. The van der Waals surface area contributed by atoms with Gasteiger partial charge in [0.1, 0.15) is 12.7 Å². The second-order valence-corrected chi connectivity index (χ2v) is 17.7. The molecule has 0 aromatic rings. The molecule has 0 heterocycles. The van der Waals surface area contributed by atoms with Gasteiger partial charge in [0, 0.05) is 19.4 Å². The van der Waals surface area contributed by atoms with Gasteiger partial charge in [-0.3, -0.25) is 9.59 Å². The van der Waals surface area contributed by atoms with Crippen molar-refractivity contribution in [3.05, 3.63) is 0 Å². The van der Waals surface area contributed by atoms with Crippen LogP contribution >= 0.6 is 0 Å². The maximum atomic E-state index is 12.4. The van der Waals surface area contributed by atoms with Gasteiger partial charge in [0.15, 0.2) is 0 Å². The number of nitrogens with zero attached hydrogens (tertiary/aromatic N) is 1. The van der Waals surface area contributed by atoms with Gasteiger partial charge in [0.05, 0.1) is 13.2 Å². The van der Waals surface area contributed by atoms with E-state index in [2.05, 4.69) is 27.7 Å². The molecule has 0 amide bonds. The summed E-state index contributed by atoms with van der Waals surface area (Å²) in [6, 6.07) is 0. The fourth-order valence-electron chi connectivity index (χ4n) is 7.86. The number of carbonyl (C=O) groups excluding carboxylic acids is 3. The second kappa shape index (κ2) is 43.3. The molecule has 0 aliphatic heterocycles. The summed E-state index contributed by atoms with van der Waals surface area (Å²) >= 11 is 0. The molecule has 1 atom stereocenters. The van der Waals surface area contributed by atoms with Crippen molar-refractivity contribution >= 4 is 18.1 Å². The Balaban J connectivity index is 4.28. The molecule has 0 saturated carbocycles. The third kappa shape index (κ3) is 39.6. The Morgan fingerprint density at radius 1 is 0.397 bits per heavy atom. The first kappa shape index (κ1) is 56.2. The van der Waals surface area contributed by atoms with Crippen LogP contribution in [-0.4, -0.2) is 69.6 Å². The summed E-state index contributed by atoms with van der Waals surface area (Å²) in [6.45, 7) is 11.2. The van der Waals surface area contributed by atoms with Crippen LogP contribution in [0.2, 0.25) is 0 Å². The molecular formula is C50H97NO7. The highest BCUT2D eigenvalue weighted by Crippen LogP contribution is 2.23. The van der Waals surface area contributed by atoms with E-state index in [1.165, 1.54) is 103 Å². The standard InChI is InChI=1S/C50H97NO7/c1-7-11-23-31-45(32-24-12-8-2)39-42-55-48(52)37-29-21-17-15-16-19-27-35-47(58-50(54)57-44-41-51(5)6)36-28-20-18-22-30-38-49(53)56-43-40-46(33-25-13-9-3)34-26-14-10-4/h45-47H,7-44H2,1-6H3. The van der Waals surface area contributed by atoms with Crippen LogP contribution in [0.25, 0.3) is 0 Å². The highest BCUT2D eigenvalue weighted by atomic mass is 16.7. The van der Waals surface area contributed by atoms with Crippen LogP contribution < -0.4 is 0 Å². The van der Waals surface area contributed by atoms with Gasteiger partial charge in [-0.2, -0.15) is 0 Å². The number of rotatable bonds is 44. The molecule has 0 aliphatic rings. The lowest BCUT2D eigenvalue weighted by Gasteiger charge is -2.18. The van der Waals surface area contributed by atoms with Gasteiger partial charge in [-0.05, 0) is 77.3 Å². The van der Waals surface area contributed by atoms with Crippen LogP contribution in [0.3, 0.4) is 0 Å². The van der Waals surface area contributed by atoms with E-state index in [0.29, 0.717) is 51.0 Å². The largest absolute Gasteiger partial charge is 0.508 e. The molecule has 0 saturated heterocycles. The Morgan fingerprint density at radius 3 is 1.10 bits per heavy atom. The fraction of sp³-hybridized carbons (Fsp3) is 0.940. The highest BCUT2D eigenvalue weighted by molar-refractivity contribution is 5.69. The van der Waals surface area contributed by atoms with Crippen molar-refractivity contribution in [2.24, 2.45) is 11.8 Å². The third-order valence-electron chi connectivity index (χ3n) is 11.8. The van der Waals surface area contributed by atoms with E-state index < -0.39 is 6.16 Å². The SMILES string of the molecule is CCCCCC(CCCCC)CCOC(=O)CCCCCCCCCC(CCCCCCCC(=O)OCCC(CCCCC)CCCCC)OC(=O)OCCN(C)C. The van der Waals surface area contributed by atoms with E-state index in [-0.39, 0.29) is 18.0 Å². The molecule has 0 spiro atoms. The lowest BCUT2D eigenvalue weighted by molar-refractivity contribution is -0.145. The quantitative estimate of drug-likeness (QED) is 0.0341. The zero-order valence-corrected chi connectivity index (χ0v) is 39.4. The highest BCUT2D eigenvalue weighted by Gasteiger charge is 2.16. The van der Waals surface area contributed by atoms with Crippen molar-refractivity contribution in [3.63, 3.8) is 0 Å². The van der Waals surface area contributed by atoms with E-state index in [9.17, 15) is 14.4 Å². The summed E-state index contributed by atoms with van der Waals surface area (Å²) in [5.74, 6) is 1.30. The van der Waals surface area contributed by atoms with Crippen molar-refractivity contribution in [3.8, 4) is 0 Å². The van der Waals surface area contributed by atoms with Crippen molar-refractivity contribution < 1.29 is 33.3 Å². The lowest BCUT2D eigenvalue weighted by Crippen LogP contribution is -2.23. The summed E-state index contributed by atoms with van der Waals surface area (Å²) < 4.78 is 22.4. The van der Waals surface area contributed by atoms with E-state index in [4.69, 9.17) is 18.9 Å². The number of hydrogen-bond donors (Lipinski definition) is 0. The van der Waals surface area contributed by atoms with Crippen LogP contribution in [0, 0.1) is 11.8 Å². The topological polar surface area (TPSA) is 91.4 Å². The van der Waals surface area contributed by atoms with Crippen LogP contribution in [0.15, 0.2) is 0 Å². The van der Waals surface area contributed by atoms with Gasteiger partial charge in [-0.1, -0.05) is 182 Å². The van der Waals surface area contributed by atoms with Crippen LogP contribution in [-0.2, 0) is 28.5 Å². The molecule has 1 unspecified atom stereocenters. The number of esters is 2. The maximum Gasteiger partial charge on any atom is 0.508 e. The van der Waals surface area contributed by atoms with E-state index in [1.54, 1.807) is 0 Å². The molecule has 0 radical (unpaired) electrons. The Morgan fingerprint density at radius 2 is 0.741 bits per heavy atom. The predicted molar refractivity (Wildman–Crippen MR) is 243 cm³/mol. The Labute approximate surface area is 359 Å². The Kier molecular flexibility index (Phi) is 41.9. The summed E-state index contributed by atoms with van der Waals surface area (Å²) in [6.07, 6.45) is 37.1. The number of carbonyl (C=O) groups is 3. The van der Waals surface area contributed by atoms with Crippen molar-refractivity contribution in [2.45, 2.75) is 252 Å². The van der Waals surface area contributed by atoms with Crippen LogP contribution in [0.5, 0.6) is 0 Å². The average molecular weight is 824 g/mol. The molecule has 8 heteroatoms. The van der Waals surface area contributed by atoms with Crippen molar-refractivity contribution in [1.29, 1.82) is 0 Å². The Bertz CT molecular complexity index is 892. The molecule has 0 bridgehead atoms. The van der Waals surface area contributed by atoms with Crippen LogP contribution in [0.4, 0.5) is 4.79 Å². The molecule has 8 nitrogen and oxygen atoms in total. The second-order valence-electron chi connectivity index (χ2n) is 17.7. The van der Waals surface area contributed by atoms with Gasteiger partial charge >= 0.3 is 18.1 Å². The van der Waals surface area contributed by atoms with Crippen molar-refractivity contribution in [1.82, 2.24) is 4.90 Å². The molecule has 0 aromatic heterocycles. The molecule has 0 N–H and O–H groups in total. The molecule has 0 aromatic carbocycles. The molecule has 0 aliphatic carbocycles. The molecular weight excluding hydrogens is 727 g/mol. The average Bonchev–Trinajstić information content (AvgIpc) is 3.19. The molecule has 58 heavy (non-hydrogen) atoms. The molecule has 344 valence electrons. The number of hydrogen-bond acceptors (Lipinski definition) is 8. The summed E-state index contributed by atoms with van der Waals surface area (Å²) in [7, 11) is 3.91. The van der Waals surface area contributed by atoms with Crippen molar-refractivity contribution in [2.75, 3.05) is 40.5 Å². The maximum absolute atomic E-state index is 12.4. The van der Waals surface area contributed by atoms with Gasteiger partial charge in [0.25, 0.3) is 0 Å². The first-order chi connectivity index (χ1) is 28.2. The minimum absolute atomic E-state index is 0.0306. The minimum Gasteiger partial charge on any atom is -0.466 e. The molecule has 0 rings (SSSR count). The van der Waals surface area contributed by atoms with Gasteiger partial charge in [0.2, 0.25) is 0 Å². The normalized spacial score (nSPS) is 12.1. The van der Waals surface area contributed by atoms with Gasteiger partial charge in [-0.15, -0.1) is 0 Å². The zero-order chi connectivity index (χ0) is 42.7. The number of ether oxygens (including phenoxy) is 4. The van der Waals surface area contributed by atoms with Gasteiger partial charge in [-0.25, -0.2) is 4.79 Å². The minimum atomic E-state index is -0.559. The number of likely N-dealkylation sites (N-methyl/N-ethyl adjacent to an activating group) is 1. The summed E-state index contributed by atoms with van der Waals surface area (Å²) in [5, 5.41) is 0. The van der Waals surface area contributed by atoms with E-state index in [0.717, 1.165) is 103 Å². The van der Waals surface area contributed by atoms with Gasteiger partial charge < -0.3 is 23.8 Å². The summed E-state index contributed by atoms with van der Waals surface area (Å²) in [5.41, 5.74) is 0. The van der Waals surface area contributed by atoms with E-state index in [1.807, 2.05) is 19.0 Å². The number of unbranched alkanes of at least 4 members (excludes halogenated alkanes) is 18. The predicted octanol–water partition coefficient (Wildman–Crippen LogP) is 14.7. The smallest absolute Gasteiger partial charge is 0.466 e. The third-order valence-corrected chi connectivity index (χ3v) is 11.8. The monoisotopic (exact) mass is 824 g/mol. The lowest BCUT2D eigenvalue weighted by atomic mass is 9.92. The Hall–Kier alpha value is -1.83. The van der Waals surface area contributed by atoms with Crippen LogP contribution in [0.1, 0.15) is 246 Å².